The van der Waals surface area contributed by atoms with Crippen molar-refractivity contribution >= 4 is 23.2 Å². The largest absolute Gasteiger partial charge is 0.351 e. The van der Waals surface area contributed by atoms with Crippen LogP contribution in [0.15, 0.2) is 16.7 Å². The second-order valence-electron chi connectivity index (χ2n) is 4.68. The zero-order chi connectivity index (χ0) is 15.4. The van der Waals surface area contributed by atoms with Crippen LogP contribution < -0.4 is 10.9 Å². The van der Waals surface area contributed by atoms with Gasteiger partial charge in [-0.05, 0) is 31.9 Å². The van der Waals surface area contributed by atoms with Crippen molar-refractivity contribution in [3.8, 4) is 0 Å². The predicted molar refractivity (Wildman–Crippen MR) is 79.2 cm³/mol. The number of hydrogen-bond acceptors (Lipinski definition) is 5. The molecule has 0 aliphatic heterocycles. The Morgan fingerprint density at radius 1 is 1.24 bits per heavy atom. The quantitative estimate of drug-likeness (QED) is 0.849. The van der Waals surface area contributed by atoms with Crippen molar-refractivity contribution in [1.29, 1.82) is 0 Å². The lowest BCUT2D eigenvalue weighted by Gasteiger charge is -2.03. The van der Waals surface area contributed by atoms with E-state index in [1.807, 2.05) is 13.0 Å². The van der Waals surface area contributed by atoms with E-state index in [4.69, 9.17) is 4.52 Å². The van der Waals surface area contributed by atoms with Crippen LogP contribution in [0.2, 0.25) is 0 Å². The van der Waals surface area contributed by atoms with E-state index in [0.717, 1.165) is 17.7 Å². The summed E-state index contributed by atoms with van der Waals surface area (Å²) in [6.45, 7) is 5.79. The van der Waals surface area contributed by atoms with Crippen LogP contribution in [-0.2, 0) is 6.42 Å². The molecule has 0 saturated heterocycles. The molecule has 0 aromatic carbocycles. The Kier molecular flexibility index (Phi) is 4.74. The number of nitrogens with zero attached hydrogens (tertiary/aromatic N) is 1. The fourth-order valence-electron chi connectivity index (χ4n) is 1.86. The smallest absolute Gasteiger partial charge is 0.308 e. The number of aromatic nitrogens is 1. The monoisotopic (exact) mass is 307 g/mol. The molecule has 0 aliphatic carbocycles. The average Bonchev–Trinajstić information content (AvgIpc) is 3.03. The minimum atomic E-state index is -0.536. The summed E-state index contributed by atoms with van der Waals surface area (Å²) in [6, 6.07) is 3.36. The molecule has 0 fully saturated rings. The SMILES string of the molecule is CCCc1cc(C(=O)NNC(=O)c2cc(C)no2)sc1C. The molecule has 0 aliphatic rings. The summed E-state index contributed by atoms with van der Waals surface area (Å²) in [4.78, 5) is 25.4. The Labute approximate surface area is 126 Å². The van der Waals surface area contributed by atoms with E-state index < -0.39 is 5.91 Å². The van der Waals surface area contributed by atoms with Crippen molar-refractivity contribution in [2.75, 3.05) is 0 Å². The Balaban J connectivity index is 1.95. The maximum absolute atomic E-state index is 12.0. The lowest BCUT2D eigenvalue weighted by molar-refractivity contribution is 0.0827. The van der Waals surface area contributed by atoms with Crippen LogP contribution in [-0.4, -0.2) is 17.0 Å². The number of nitrogens with one attached hydrogen (secondary N) is 2. The van der Waals surface area contributed by atoms with E-state index in [9.17, 15) is 9.59 Å². The first-order valence-corrected chi connectivity index (χ1v) is 7.46. The molecule has 2 amide bonds. The Hall–Kier alpha value is -2.15. The van der Waals surface area contributed by atoms with Gasteiger partial charge in [0.25, 0.3) is 5.91 Å². The number of aryl methyl sites for hydroxylation is 3. The summed E-state index contributed by atoms with van der Waals surface area (Å²) in [6.07, 6.45) is 1.97. The predicted octanol–water partition coefficient (Wildman–Crippen LogP) is 2.38. The van der Waals surface area contributed by atoms with Crippen molar-refractivity contribution < 1.29 is 14.1 Å². The number of carbonyl (C=O) groups is 2. The molecule has 2 aromatic rings. The minimum absolute atomic E-state index is 0.0573. The zero-order valence-corrected chi connectivity index (χ0v) is 13.0. The van der Waals surface area contributed by atoms with Gasteiger partial charge in [0.1, 0.15) is 0 Å². The van der Waals surface area contributed by atoms with Gasteiger partial charge in [-0.2, -0.15) is 0 Å². The minimum Gasteiger partial charge on any atom is -0.351 e. The average molecular weight is 307 g/mol. The molecule has 0 unspecified atom stereocenters. The van der Waals surface area contributed by atoms with Gasteiger partial charge in [0.15, 0.2) is 0 Å². The highest BCUT2D eigenvalue weighted by atomic mass is 32.1. The van der Waals surface area contributed by atoms with E-state index in [0.29, 0.717) is 10.6 Å². The normalized spacial score (nSPS) is 10.4. The van der Waals surface area contributed by atoms with Gasteiger partial charge in [0, 0.05) is 10.9 Å². The molecule has 2 aromatic heterocycles. The molecule has 0 saturated carbocycles. The molecule has 0 radical (unpaired) electrons. The van der Waals surface area contributed by atoms with Crippen LogP contribution in [0.4, 0.5) is 0 Å². The third-order valence-corrected chi connectivity index (χ3v) is 4.00. The van der Waals surface area contributed by atoms with E-state index in [2.05, 4.69) is 22.9 Å². The number of hydrazine groups is 1. The lowest BCUT2D eigenvalue weighted by atomic mass is 10.1. The zero-order valence-electron chi connectivity index (χ0n) is 12.1. The summed E-state index contributed by atoms with van der Waals surface area (Å²) < 4.78 is 4.81. The second kappa shape index (κ2) is 6.53. The number of carbonyl (C=O) groups excluding carboxylic acids is 2. The van der Waals surface area contributed by atoms with Crippen molar-refractivity contribution in [3.63, 3.8) is 0 Å². The van der Waals surface area contributed by atoms with Crippen LogP contribution in [0.3, 0.4) is 0 Å². The van der Waals surface area contributed by atoms with E-state index in [1.165, 1.54) is 23.0 Å². The molecule has 0 bridgehead atoms. The highest BCUT2D eigenvalue weighted by molar-refractivity contribution is 7.14. The third-order valence-electron chi connectivity index (χ3n) is 2.91. The second-order valence-corrected chi connectivity index (χ2v) is 5.94. The van der Waals surface area contributed by atoms with Gasteiger partial charge in [0.2, 0.25) is 5.76 Å². The number of hydrogen-bond donors (Lipinski definition) is 2. The van der Waals surface area contributed by atoms with Gasteiger partial charge in [-0.25, -0.2) is 0 Å². The molecule has 2 rings (SSSR count). The molecule has 0 spiro atoms. The molecular formula is C14H17N3O3S. The maximum Gasteiger partial charge on any atom is 0.308 e. The number of amides is 2. The van der Waals surface area contributed by atoms with Crippen LogP contribution in [0.1, 0.15) is 49.7 Å². The van der Waals surface area contributed by atoms with Crippen molar-refractivity contribution in [3.05, 3.63) is 38.9 Å². The van der Waals surface area contributed by atoms with Crippen molar-refractivity contribution in [2.24, 2.45) is 0 Å². The number of thiophene rings is 1. The van der Waals surface area contributed by atoms with Crippen LogP contribution >= 0.6 is 11.3 Å². The molecule has 2 heterocycles. The Morgan fingerprint density at radius 3 is 2.57 bits per heavy atom. The standard InChI is InChI=1S/C14H17N3O3S/c1-4-5-10-7-12(21-9(10)3)14(19)16-15-13(18)11-6-8(2)17-20-11/h6-7H,4-5H2,1-3H3,(H,15,18)(H,16,19). The highest BCUT2D eigenvalue weighted by Crippen LogP contribution is 2.22. The Morgan fingerprint density at radius 2 is 1.95 bits per heavy atom. The summed E-state index contributed by atoms with van der Waals surface area (Å²) in [7, 11) is 0. The van der Waals surface area contributed by atoms with Crippen LogP contribution in [0, 0.1) is 13.8 Å². The maximum atomic E-state index is 12.0. The summed E-state index contributed by atoms with van der Waals surface area (Å²) in [5.74, 6) is -0.817. The van der Waals surface area contributed by atoms with Gasteiger partial charge < -0.3 is 4.52 Å². The van der Waals surface area contributed by atoms with Crippen molar-refractivity contribution in [1.82, 2.24) is 16.0 Å². The fraction of sp³-hybridized carbons (Fsp3) is 0.357. The summed E-state index contributed by atoms with van der Waals surface area (Å²) in [5.41, 5.74) is 6.45. The first-order valence-electron chi connectivity index (χ1n) is 6.64. The van der Waals surface area contributed by atoms with Gasteiger partial charge in [0.05, 0.1) is 10.6 Å². The Bertz CT molecular complexity index is 660. The third kappa shape index (κ3) is 3.69. The van der Waals surface area contributed by atoms with E-state index in [1.54, 1.807) is 6.92 Å². The van der Waals surface area contributed by atoms with Crippen molar-refractivity contribution in [2.45, 2.75) is 33.6 Å². The molecule has 21 heavy (non-hydrogen) atoms. The molecule has 2 N–H and O–H groups in total. The van der Waals surface area contributed by atoms with Gasteiger partial charge in [-0.3, -0.25) is 20.4 Å². The van der Waals surface area contributed by atoms with Crippen LogP contribution in [0.5, 0.6) is 0 Å². The molecular weight excluding hydrogens is 290 g/mol. The van der Waals surface area contributed by atoms with Crippen LogP contribution in [0.25, 0.3) is 0 Å². The summed E-state index contributed by atoms with van der Waals surface area (Å²) in [5, 5.41) is 3.61. The summed E-state index contributed by atoms with van der Waals surface area (Å²) >= 11 is 1.41. The van der Waals surface area contributed by atoms with E-state index in [-0.39, 0.29) is 11.7 Å². The molecule has 0 atom stereocenters. The molecule has 112 valence electrons. The lowest BCUT2D eigenvalue weighted by Crippen LogP contribution is -2.41. The van der Waals surface area contributed by atoms with Gasteiger partial charge in [-0.1, -0.05) is 18.5 Å². The molecule has 7 heteroatoms. The highest BCUT2D eigenvalue weighted by Gasteiger charge is 2.15. The van der Waals surface area contributed by atoms with Gasteiger partial charge >= 0.3 is 5.91 Å². The molecule has 6 nitrogen and oxygen atoms in total. The first-order chi connectivity index (χ1) is 10.0. The topological polar surface area (TPSA) is 84.2 Å². The fourth-order valence-corrected chi connectivity index (χ4v) is 2.82. The van der Waals surface area contributed by atoms with E-state index >= 15 is 0 Å². The first kappa shape index (κ1) is 15.2. The van der Waals surface area contributed by atoms with Gasteiger partial charge in [-0.15, -0.1) is 11.3 Å². The number of rotatable bonds is 4.